The summed E-state index contributed by atoms with van der Waals surface area (Å²) in [7, 11) is 0. The third-order valence-electron chi connectivity index (χ3n) is 6.26. The van der Waals surface area contributed by atoms with Crippen LogP contribution in [0.4, 0.5) is 0 Å². The van der Waals surface area contributed by atoms with Crippen LogP contribution in [0.15, 0.2) is 89.7 Å². The van der Waals surface area contributed by atoms with Crippen molar-refractivity contribution in [2.24, 2.45) is 0 Å². The number of amides is 1. The van der Waals surface area contributed by atoms with Gasteiger partial charge in [0.25, 0.3) is 5.56 Å². The van der Waals surface area contributed by atoms with Gasteiger partial charge in [0.15, 0.2) is 5.65 Å². The van der Waals surface area contributed by atoms with Crippen molar-refractivity contribution in [3.8, 4) is 5.69 Å². The molecule has 2 aromatic heterocycles. The van der Waals surface area contributed by atoms with Crippen LogP contribution >= 0.6 is 0 Å². The fraction of sp³-hybridized carbons (Fsp3) is 0.179. The molecule has 0 aliphatic carbocycles. The van der Waals surface area contributed by atoms with E-state index in [-0.39, 0.29) is 18.0 Å². The van der Waals surface area contributed by atoms with Crippen molar-refractivity contribution in [2.45, 2.75) is 26.9 Å². The summed E-state index contributed by atoms with van der Waals surface area (Å²) >= 11 is 0. The maximum Gasteiger partial charge on any atom is 0.281 e. The molecule has 0 N–H and O–H groups in total. The quantitative estimate of drug-likeness (QED) is 0.377. The van der Waals surface area contributed by atoms with Gasteiger partial charge in [0.1, 0.15) is 6.54 Å². The van der Waals surface area contributed by atoms with Crippen LogP contribution in [0.25, 0.3) is 27.6 Å². The number of rotatable bonds is 6. The predicted octanol–water partition coefficient (Wildman–Crippen LogP) is 4.70. The number of para-hydroxylation sites is 2. The highest BCUT2D eigenvalue weighted by molar-refractivity contribution is 5.96. The number of carbonyl (C=O) groups is 1. The van der Waals surface area contributed by atoms with Crippen LogP contribution < -0.4 is 5.56 Å². The van der Waals surface area contributed by atoms with E-state index in [0.717, 1.165) is 22.0 Å². The number of fused-ring (bicyclic) bond motifs is 2. The fourth-order valence-electron chi connectivity index (χ4n) is 4.49. The van der Waals surface area contributed by atoms with Crippen molar-refractivity contribution in [3.05, 3.63) is 106 Å². The Hall–Kier alpha value is -4.19. The molecule has 0 spiro atoms. The van der Waals surface area contributed by atoms with Gasteiger partial charge >= 0.3 is 0 Å². The number of hydrogen-bond acceptors (Lipinski definition) is 3. The molecule has 0 saturated carbocycles. The zero-order valence-electron chi connectivity index (χ0n) is 19.3. The van der Waals surface area contributed by atoms with Gasteiger partial charge in [-0.3, -0.25) is 14.3 Å². The highest BCUT2D eigenvalue weighted by Gasteiger charge is 2.23. The highest BCUT2D eigenvalue weighted by Crippen LogP contribution is 2.25. The topological polar surface area (TPSA) is 60.1 Å². The molecule has 6 heteroatoms. The Morgan fingerprint density at radius 3 is 2.26 bits per heavy atom. The molecule has 2 heterocycles. The second-order valence-electron chi connectivity index (χ2n) is 8.36. The van der Waals surface area contributed by atoms with Crippen LogP contribution in [-0.4, -0.2) is 31.7 Å². The van der Waals surface area contributed by atoms with Crippen LogP contribution in [0, 0.1) is 6.92 Å². The lowest BCUT2D eigenvalue weighted by Crippen LogP contribution is -2.35. The summed E-state index contributed by atoms with van der Waals surface area (Å²) < 4.78 is 3.31. The molecule has 6 nitrogen and oxygen atoms in total. The number of likely N-dealkylation sites (N-methyl/N-ethyl adjacent to an activating group) is 1. The lowest BCUT2D eigenvalue weighted by atomic mass is 10.1. The van der Waals surface area contributed by atoms with Crippen LogP contribution in [0.2, 0.25) is 0 Å². The van der Waals surface area contributed by atoms with Gasteiger partial charge in [-0.1, -0.05) is 66.7 Å². The van der Waals surface area contributed by atoms with E-state index < -0.39 is 0 Å². The number of pyridine rings is 1. The Morgan fingerprint density at radius 1 is 0.912 bits per heavy atom. The Balaban J connectivity index is 1.67. The first-order valence-corrected chi connectivity index (χ1v) is 11.5. The Kier molecular flexibility index (Phi) is 5.72. The molecular formula is C28H26N4O2. The summed E-state index contributed by atoms with van der Waals surface area (Å²) in [4.78, 5) is 33.8. The van der Waals surface area contributed by atoms with Crippen molar-refractivity contribution in [1.82, 2.24) is 19.2 Å². The molecule has 0 aliphatic heterocycles. The molecule has 5 aromatic rings. The van der Waals surface area contributed by atoms with E-state index in [9.17, 15) is 9.59 Å². The van der Waals surface area contributed by atoms with Crippen LogP contribution in [0.3, 0.4) is 0 Å². The lowest BCUT2D eigenvalue weighted by molar-refractivity contribution is -0.132. The molecule has 3 aromatic carbocycles. The molecule has 0 atom stereocenters. The summed E-state index contributed by atoms with van der Waals surface area (Å²) in [6, 6.07) is 27.1. The molecule has 0 unspecified atom stereocenters. The van der Waals surface area contributed by atoms with E-state index in [4.69, 9.17) is 4.98 Å². The molecule has 0 fully saturated rings. The van der Waals surface area contributed by atoms with E-state index >= 15 is 0 Å². The van der Waals surface area contributed by atoms with Gasteiger partial charge in [0.05, 0.1) is 16.6 Å². The SMILES string of the molecule is CCN(Cc1ccccc1)C(=O)Cn1c2nc3ccccc3c(C)c2c(=O)n1-c1ccccc1. The van der Waals surface area contributed by atoms with Gasteiger partial charge in [0.2, 0.25) is 5.91 Å². The molecule has 0 aliphatic rings. The highest BCUT2D eigenvalue weighted by atomic mass is 16.2. The van der Waals surface area contributed by atoms with Crippen molar-refractivity contribution >= 4 is 27.8 Å². The van der Waals surface area contributed by atoms with Gasteiger partial charge in [-0.25, -0.2) is 9.67 Å². The first-order valence-electron chi connectivity index (χ1n) is 11.5. The van der Waals surface area contributed by atoms with Crippen molar-refractivity contribution < 1.29 is 4.79 Å². The number of carbonyl (C=O) groups excluding carboxylic acids is 1. The zero-order valence-corrected chi connectivity index (χ0v) is 19.3. The third-order valence-corrected chi connectivity index (χ3v) is 6.26. The van der Waals surface area contributed by atoms with E-state index in [1.165, 1.54) is 0 Å². The number of aryl methyl sites for hydroxylation is 1. The number of nitrogens with zero attached hydrogens (tertiary/aromatic N) is 4. The average Bonchev–Trinajstić information content (AvgIpc) is 3.14. The summed E-state index contributed by atoms with van der Waals surface area (Å²) in [5.41, 5.74) is 3.79. The van der Waals surface area contributed by atoms with Gasteiger partial charge in [-0.2, -0.15) is 0 Å². The van der Waals surface area contributed by atoms with Crippen molar-refractivity contribution in [1.29, 1.82) is 0 Å². The van der Waals surface area contributed by atoms with E-state index in [1.54, 1.807) is 14.3 Å². The second kappa shape index (κ2) is 8.98. The first-order chi connectivity index (χ1) is 16.6. The summed E-state index contributed by atoms with van der Waals surface area (Å²) in [6.07, 6.45) is 0. The average molecular weight is 451 g/mol. The number of aromatic nitrogens is 3. The Morgan fingerprint density at radius 2 is 1.56 bits per heavy atom. The normalized spacial score (nSPS) is 11.2. The molecule has 5 rings (SSSR count). The first kappa shape index (κ1) is 21.6. The van der Waals surface area contributed by atoms with E-state index in [1.807, 2.05) is 98.8 Å². The summed E-state index contributed by atoms with van der Waals surface area (Å²) in [6.45, 7) is 5.01. The maximum atomic E-state index is 13.7. The van der Waals surface area contributed by atoms with Gasteiger partial charge < -0.3 is 4.90 Å². The monoisotopic (exact) mass is 450 g/mol. The molecule has 0 bridgehead atoms. The minimum absolute atomic E-state index is 0.0130. The van der Waals surface area contributed by atoms with E-state index in [0.29, 0.717) is 29.8 Å². The largest absolute Gasteiger partial charge is 0.337 e. The van der Waals surface area contributed by atoms with Crippen LogP contribution in [0.5, 0.6) is 0 Å². The van der Waals surface area contributed by atoms with Crippen molar-refractivity contribution in [2.75, 3.05) is 6.54 Å². The van der Waals surface area contributed by atoms with Gasteiger partial charge in [-0.05, 0) is 43.2 Å². The third kappa shape index (κ3) is 3.77. The summed E-state index contributed by atoms with van der Waals surface area (Å²) in [5.74, 6) is -0.0689. The Bertz CT molecular complexity index is 1540. The second-order valence-corrected chi connectivity index (χ2v) is 8.36. The minimum Gasteiger partial charge on any atom is -0.337 e. The smallest absolute Gasteiger partial charge is 0.281 e. The maximum absolute atomic E-state index is 13.7. The predicted molar refractivity (Wildman–Crippen MR) is 135 cm³/mol. The molecular weight excluding hydrogens is 424 g/mol. The van der Waals surface area contributed by atoms with Crippen LogP contribution in [-0.2, 0) is 17.9 Å². The standard InChI is InChI=1S/C28H26N4O2/c1-3-30(18-21-12-6-4-7-13-21)25(33)19-31-27-26(20(2)23-16-10-11-17-24(23)29-27)28(34)32(31)22-14-8-5-9-15-22/h4-17H,3,18-19H2,1-2H3. The summed E-state index contributed by atoms with van der Waals surface area (Å²) in [5, 5.41) is 1.48. The lowest BCUT2D eigenvalue weighted by Gasteiger charge is -2.22. The fourth-order valence-corrected chi connectivity index (χ4v) is 4.49. The Labute approximate surface area is 197 Å². The van der Waals surface area contributed by atoms with E-state index in [2.05, 4.69) is 0 Å². The molecule has 1 amide bonds. The number of hydrogen-bond donors (Lipinski definition) is 0. The number of benzene rings is 3. The van der Waals surface area contributed by atoms with Gasteiger partial charge in [-0.15, -0.1) is 0 Å². The molecule has 0 radical (unpaired) electrons. The zero-order chi connectivity index (χ0) is 23.7. The molecule has 0 saturated heterocycles. The minimum atomic E-state index is -0.170. The molecule has 34 heavy (non-hydrogen) atoms. The molecule has 170 valence electrons. The van der Waals surface area contributed by atoms with Gasteiger partial charge in [0, 0.05) is 18.5 Å². The van der Waals surface area contributed by atoms with Crippen LogP contribution in [0.1, 0.15) is 18.1 Å². The van der Waals surface area contributed by atoms with Crippen molar-refractivity contribution in [3.63, 3.8) is 0 Å².